The highest BCUT2D eigenvalue weighted by Gasteiger charge is 1.86. The van der Waals surface area contributed by atoms with Crippen molar-refractivity contribution in [1.29, 1.82) is 0 Å². The third kappa shape index (κ3) is 1.65. The Morgan fingerprint density at radius 2 is 1.90 bits per heavy atom. The first-order valence-electron chi connectivity index (χ1n) is 3.42. The molecule has 0 radical (unpaired) electrons. The fourth-order valence-corrected chi connectivity index (χ4v) is 0.805. The molecule has 2 nitrogen and oxygen atoms in total. The van der Waals surface area contributed by atoms with Crippen molar-refractivity contribution in [1.82, 2.24) is 0 Å². The third-order valence-electron chi connectivity index (χ3n) is 1.29. The van der Waals surface area contributed by atoms with Crippen LogP contribution in [0.5, 0.6) is 0 Å². The number of rotatable bonds is 2. The second-order valence-corrected chi connectivity index (χ2v) is 2.15. The summed E-state index contributed by atoms with van der Waals surface area (Å²) in [4.78, 5) is 0. The van der Waals surface area contributed by atoms with Gasteiger partial charge in [-0.1, -0.05) is 0 Å². The Morgan fingerprint density at radius 1 is 1.30 bits per heavy atom. The molecule has 54 valence electrons. The first-order valence-corrected chi connectivity index (χ1v) is 3.42. The molecule has 10 heavy (non-hydrogen) atoms. The van der Waals surface area contributed by atoms with Crippen molar-refractivity contribution >= 4 is 11.4 Å². The lowest BCUT2D eigenvalue weighted by Gasteiger charge is -2.01. The van der Waals surface area contributed by atoms with Gasteiger partial charge in [-0.3, -0.25) is 0 Å². The molecule has 0 saturated carbocycles. The van der Waals surface area contributed by atoms with Crippen molar-refractivity contribution in [3.05, 3.63) is 24.3 Å². The first-order chi connectivity index (χ1) is 4.83. The van der Waals surface area contributed by atoms with Crippen LogP contribution in [0.25, 0.3) is 0 Å². The van der Waals surface area contributed by atoms with Crippen molar-refractivity contribution in [3.8, 4) is 0 Å². The summed E-state index contributed by atoms with van der Waals surface area (Å²) in [5, 5.41) is 3.18. The number of nitrogens with one attached hydrogen (secondary N) is 1. The highest BCUT2D eigenvalue weighted by molar-refractivity contribution is 5.50. The minimum absolute atomic E-state index is 0.807. The van der Waals surface area contributed by atoms with Gasteiger partial charge in [0.25, 0.3) is 0 Å². The predicted molar refractivity (Wildman–Crippen MR) is 45.0 cm³/mol. The van der Waals surface area contributed by atoms with Gasteiger partial charge >= 0.3 is 0 Å². The molecule has 1 aromatic carbocycles. The van der Waals surface area contributed by atoms with Crippen molar-refractivity contribution < 1.29 is 0 Å². The second-order valence-electron chi connectivity index (χ2n) is 2.15. The van der Waals surface area contributed by atoms with Crippen LogP contribution in [0.4, 0.5) is 11.4 Å². The molecule has 1 rings (SSSR count). The number of hydrogen-bond donors (Lipinski definition) is 2. The van der Waals surface area contributed by atoms with Crippen molar-refractivity contribution in [2.75, 3.05) is 17.6 Å². The highest BCUT2D eigenvalue weighted by atomic mass is 14.8. The van der Waals surface area contributed by atoms with E-state index >= 15 is 0 Å². The molecular weight excluding hydrogens is 124 g/mol. The van der Waals surface area contributed by atoms with Crippen LogP contribution in [0, 0.1) is 0 Å². The van der Waals surface area contributed by atoms with E-state index in [0.29, 0.717) is 0 Å². The molecule has 0 aliphatic rings. The highest BCUT2D eigenvalue weighted by Crippen LogP contribution is 2.09. The number of nitrogens with two attached hydrogens (primary N) is 1. The van der Waals surface area contributed by atoms with E-state index in [9.17, 15) is 0 Å². The van der Waals surface area contributed by atoms with E-state index in [-0.39, 0.29) is 0 Å². The van der Waals surface area contributed by atoms with Crippen LogP contribution in [0.2, 0.25) is 0 Å². The Labute approximate surface area is 61.1 Å². The molecule has 0 heterocycles. The lowest BCUT2D eigenvalue weighted by molar-refractivity contribution is 1.21. The van der Waals surface area contributed by atoms with Crippen LogP contribution in [0.3, 0.4) is 0 Å². The van der Waals surface area contributed by atoms with Gasteiger partial charge in [0.05, 0.1) is 0 Å². The molecule has 0 atom stereocenters. The van der Waals surface area contributed by atoms with Gasteiger partial charge in [-0.15, -0.1) is 0 Å². The molecule has 0 saturated heterocycles. The third-order valence-corrected chi connectivity index (χ3v) is 1.29. The molecule has 2 heteroatoms. The normalized spacial score (nSPS) is 9.30. The van der Waals surface area contributed by atoms with Crippen LogP contribution in [0.1, 0.15) is 6.92 Å². The molecule has 0 bridgehead atoms. The summed E-state index contributed by atoms with van der Waals surface area (Å²) in [5.41, 5.74) is 7.42. The quantitative estimate of drug-likeness (QED) is 0.607. The largest absolute Gasteiger partial charge is 0.399 e. The van der Waals surface area contributed by atoms with E-state index in [2.05, 4.69) is 12.2 Å². The minimum Gasteiger partial charge on any atom is -0.399 e. The van der Waals surface area contributed by atoms with Crippen molar-refractivity contribution in [2.45, 2.75) is 6.92 Å². The zero-order valence-electron chi connectivity index (χ0n) is 6.09. The first kappa shape index (κ1) is 6.93. The van der Waals surface area contributed by atoms with Crippen LogP contribution in [0.15, 0.2) is 24.3 Å². The van der Waals surface area contributed by atoms with Gasteiger partial charge < -0.3 is 11.1 Å². The van der Waals surface area contributed by atoms with E-state index in [0.717, 1.165) is 17.9 Å². The molecule has 0 aliphatic heterocycles. The Bertz CT molecular complexity index is 191. The Hall–Kier alpha value is -1.18. The Kier molecular flexibility index (Phi) is 2.15. The van der Waals surface area contributed by atoms with Gasteiger partial charge in [0.15, 0.2) is 0 Å². The van der Waals surface area contributed by atoms with E-state index in [1.165, 1.54) is 0 Å². The van der Waals surface area contributed by atoms with Gasteiger partial charge in [-0.2, -0.15) is 0 Å². The zero-order valence-corrected chi connectivity index (χ0v) is 6.09. The van der Waals surface area contributed by atoms with Gasteiger partial charge in [-0.25, -0.2) is 0 Å². The summed E-state index contributed by atoms with van der Waals surface area (Å²) in [6.45, 7) is 3.01. The summed E-state index contributed by atoms with van der Waals surface area (Å²) < 4.78 is 0. The maximum Gasteiger partial charge on any atom is 0.0341 e. The summed E-state index contributed by atoms with van der Waals surface area (Å²) in [6, 6.07) is 7.72. The second kappa shape index (κ2) is 3.11. The van der Waals surface area contributed by atoms with Crippen LogP contribution >= 0.6 is 0 Å². The topological polar surface area (TPSA) is 38.0 Å². The number of benzene rings is 1. The van der Waals surface area contributed by atoms with E-state index < -0.39 is 0 Å². The summed E-state index contributed by atoms with van der Waals surface area (Å²) >= 11 is 0. The molecular formula is C8H12N2. The van der Waals surface area contributed by atoms with Crippen LogP contribution < -0.4 is 11.1 Å². The molecule has 0 unspecified atom stereocenters. The molecule has 3 N–H and O–H groups in total. The zero-order chi connectivity index (χ0) is 7.40. The van der Waals surface area contributed by atoms with Crippen molar-refractivity contribution in [3.63, 3.8) is 0 Å². The molecule has 0 aromatic heterocycles. The summed E-state index contributed by atoms with van der Waals surface area (Å²) in [6.07, 6.45) is 0. The Morgan fingerprint density at radius 3 is 2.40 bits per heavy atom. The van der Waals surface area contributed by atoms with Gasteiger partial charge in [0, 0.05) is 17.9 Å². The van der Waals surface area contributed by atoms with E-state index in [4.69, 9.17) is 5.73 Å². The molecule has 0 amide bonds. The number of anilines is 2. The van der Waals surface area contributed by atoms with Gasteiger partial charge in [0.1, 0.15) is 0 Å². The molecule has 0 fully saturated rings. The smallest absolute Gasteiger partial charge is 0.0341 e. The standard InChI is InChI=1S/C8H12N2/c1-2-10-8-5-3-7(9)4-6-8/h3-6,10H,2,9H2,1H3. The summed E-state index contributed by atoms with van der Waals surface area (Å²) in [7, 11) is 0. The fraction of sp³-hybridized carbons (Fsp3) is 0.250. The summed E-state index contributed by atoms with van der Waals surface area (Å²) in [5.74, 6) is 0. The number of nitrogen functional groups attached to an aromatic ring is 1. The minimum atomic E-state index is 0.807. The van der Waals surface area contributed by atoms with Gasteiger partial charge in [0.2, 0.25) is 0 Å². The average molecular weight is 136 g/mol. The molecule has 1 aromatic rings. The van der Waals surface area contributed by atoms with E-state index in [1.54, 1.807) is 0 Å². The predicted octanol–water partition coefficient (Wildman–Crippen LogP) is 1.70. The monoisotopic (exact) mass is 136 g/mol. The average Bonchev–Trinajstić information content (AvgIpc) is 1.95. The maximum absolute atomic E-state index is 5.50. The van der Waals surface area contributed by atoms with Crippen LogP contribution in [-0.2, 0) is 0 Å². The lowest BCUT2D eigenvalue weighted by atomic mass is 10.3. The fourth-order valence-electron chi connectivity index (χ4n) is 0.805. The lowest BCUT2D eigenvalue weighted by Crippen LogP contribution is -1.95. The Balaban J connectivity index is 2.69. The van der Waals surface area contributed by atoms with E-state index in [1.807, 2.05) is 24.3 Å². The van der Waals surface area contributed by atoms with Crippen LogP contribution in [-0.4, -0.2) is 6.54 Å². The van der Waals surface area contributed by atoms with Gasteiger partial charge in [-0.05, 0) is 31.2 Å². The molecule has 0 aliphatic carbocycles. The maximum atomic E-state index is 5.50. The van der Waals surface area contributed by atoms with Crippen molar-refractivity contribution in [2.24, 2.45) is 0 Å². The molecule has 0 spiro atoms. The number of hydrogen-bond acceptors (Lipinski definition) is 2. The SMILES string of the molecule is CCNc1ccc(N)cc1.